The second-order valence-corrected chi connectivity index (χ2v) is 12.9. The lowest BCUT2D eigenvalue weighted by molar-refractivity contribution is -0.133. The predicted molar refractivity (Wildman–Crippen MR) is 164 cm³/mol. The third kappa shape index (κ3) is 10.2. The summed E-state index contributed by atoms with van der Waals surface area (Å²) < 4.78 is 16.1. The normalized spacial score (nSPS) is 20.3. The van der Waals surface area contributed by atoms with Crippen molar-refractivity contribution in [3.63, 3.8) is 0 Å². The summed E-state index contributed by atoms with van der Waals surface area (Å²) in [5.74, 6) is -1.04. The van der Waals surface area contributed by atoms with Crippen LogP contribution in [0.2, 0.25) is 0 Å². The van der Waals surface area contributed by atoms with E-state index in [4.69, 9.17) is 14.0 Å². The number of ketones is 1. The molecule has 4 heterocycles. The molecule has 13 heteroatoms. The number of pyridine rings is 1. The smallest absolute Gasteiger partial charge is 0.274 e. The van der Waals surface area contributed by atoms with Crippen molar-refractivity contribution in [2.24, 2.45) is 11.8 Å². The molecule has 0 aliphatic carbocycles. The van der Waals surface area contributed by atoms with Gasteiger partial charge in [-0.3, -0.25) is 29.1 Å². The molecule has 2 aromatic rings. The topological polar surface area (TPSA) is 168 Å². The zero-order chi connectivity index (χ0) is 32.6. The fourth-order valence-corrected chi connectivity index (χ4v) is 5.24. The molecule has 3 N–H and O–H groups in total. The van der Waals surface area contributed by atoms with E-state index in [0.717, 1.165) is 18.7 Å². The molecule has 246 valence electrons. The van der Waals surface area contributed by atoms with E-state index in [1.807, 2.05) is 27.7 Å². The van der Waals surface area contributed by atoms with Crippen LogP contribution in [0.1, 0.15) is 69.3 Å². The first-order chi connectivity index (χ1) is 21.4. The van der Waals surface area contributed by atoms with Crippen LogP contribution < -0.4 is 16.0 Å². The average molecular weight is 627 g/mol. The number of amides is 3. The third-order valence-electron chi connectivity index (χ3n) is 7.86. The first-order valence-corrected chi connectivity index (χ1v) is 15.7. The van der Waals surface area contributed by atoms with Gasteiger partial charge in [0.15, 0.2) is 17.2 Å². The fourth-order valence-electron chi connectivity index (χ4n) is 5.24. The van der Waals surface area contributed by atoms with Crippen LogP contribution in [0.25, 0.3) is 0 Å². The SMILES string of the molecule is CC(C)CC(NC(=O)c1cc(CN2CCOCC2)on1)C(=O)N[C@@H](Cc1ccncc1)C(=O)NC(CC(C)C)C(=O)[C@@]1(C)CO1. The lowest BCUT2D eigenvalue weighted by atomic mass is 9.93. The van der Waals surface area contributed by atoms with E-state index in [0.29, 0.717) is 45.0 Å². The number of carbonyl (C=O) groups is 4. The molecule has 0 spiro atoms. The van der Waals surface area contributed by atoms with Crippen molar-refractivity contribution in [1.82, 2.24) is 31.0 Å². The number of hydrogen-bond donors (Lipinski definition) is 3. The molecule has 13 nitrogen and oxygen atoms in total. The molecule has 4 atom stereocenters. The van der Waals surface area contributed by atoms with Crippen LogP contribution in [-0.4, -0.2) is 95.2 Å². The summed E-state index contributed by atoms with van der Waals surface area (Å²) in [7, 11) is 0. The quantitative estimate of drug-likeness (QED) is 0.233. The summed E-state index contributed by atoms with van der Waals surface area (Å²) in [5, 5.41) is 12.4. The van der Waals surface area contributed by atoms with E-state index < -0.39 is 41.4 Å². The highest BCUT2D eigenvalue weighted by molar-refractivity contribution is 5.99. The maximum Gasteiger partial charge on any atom is 0.274 e. The number of hydrogen-bond acceptors (Lipinski definition) is 10. The van der Waals surface area contributed by atoms with Crippen molar-refractivity contribution in [1.29, 1.82) is 0 Å². The number of morpholine rings is 1. The molecule has 2 aromatic heterocycles. The predicted octanol–water partition coefficient (Wildman–Crippen LogP) is 1.66. The van der Waals surface area contributed by atoms with Gasteiger partial charge >= 0.3 is 0 Å². The highest BCUT2D eigenvalue weighted by atomic mass is 16.6. The van der Waals surface area contributed by atoms with Crippen LogP contribution in [0.15, 0.2) is 35.1 Å². The Morgan fingerprint density at radius 2 is 1.51 bits per heavy atom. The summed E-state index contributed by atoms with van der Waals surface area (Å²) in [6.45, 7) is 13.1. The van der Waals surface area contributed by atoms with Gasteiger partial charge in [0.05, 0.1) is 32.4 Å². The van der Waals surface area contributed by atoms with Gasteiger partial charge in [-0.2, -0.15) is 0 Å². The van der Waals surface area contributed by atoms with Crippen LogP contribution in [0.5, 0.6) is 0 Å². The Morgan fingerprint density at radius 1 is 0.911 bits per heavy atom. The van der Waals surface area contributed by atoms with Crippen molar-refractivity contribution in [3.8, 4) is 0 Å². The zero-order valence-corrected chi connectivity index (χ0v) is 26.8. The molecule has 2 unspecified atom stereocenters. The average Bonchev–Trinajstić information content (AvgIpc) is 3.58. The van der Waals surface area contributed by atoms with Gasteiger partial charge in [-0.15, -0.1) is 0 Å². The number of carbonyl (C=O) groups excluding carboxylic acids is 4. The molecule has 0 saturated carbocycles. The molecule has 2 fully saturated rings. The Morgan fingerprint density at radius 3 is 2.13 bits per heavy atom. The summed E-state index contributed by atoms with van der Waals surface area (Å²) in [6, 6.07) is 2.35. The maximum absolute atomic E-state index is 13.7. The highest BCUT2D eigenvalue weighted by Crippen LogP contribution is 2.29. The standard InChI is InChI=1S/C32H46N6O7/c1-20(2)14-24(28(39)32(5)19-44-32)34-30(41)26(16-22-6-8-33-9-7-22)36-29(40)25(15-21(3)4)35-31(42)27-17-23(45-37-27)18-38-10-12-43-13-11-38/h6-9,17,20-21,24-26H,10-16,18-19H2,1-5H3,(H,34,41)(H,35,42)(H,36,40)/t24?,25?,26-,32+/m0/s1. The summed E-state index contributed by atoms with van der Waals surface area (Å²) >= 11 is 0. The van der Waals surface area contributed by atoms with Crippen LogP contribution in [0.3, 0.4) is 0 Å². The van der Waals surface area contributed by atoms with Gasteiger partial charge in [-0.25, -0.2) is 0 Å². The van der Waals surface area contributed by atoms with Crippen molar-refractivity contribution in [3.05, 3.63) is 47.6 Å². The molecule has 0 radical (unpaired) electrons. The first-order valence-electron chi connectivity index (χ1n) is 15.7. The van der Waals surface area contributed by atoms with Gasteiger partial charge in [0, 0.05) is 38.0 Å². The second kappa shape index (κ2) is 15.5. The van der Waals surface area contributed by atoms with Crippen molar-refractivity contribution in [2.75, 3.05) is 32.9 Å². The number of epoxide rings is 1. The molecule has 2 saturated heterocycles. The van der Waals surface area contributed by atoms with Gasteiger partial charge in [0.2, 0.25) is 11.8 Å². The molecule has 45 heavy (non-hydrogen) atoms. The Labute approximate surface area is 264 Å². The molecule has 0 bridgehead atoms. The molecule has 0 aromatic carbocycles. The lowest BCUT2D eigenvalue weighted by Gasteiger charge is -2.27. The van der Waals surface area contributed by atoms with Gasteiger partial charge in [0.1, 0.15) is 17.7 Å². The Bertz CT molecular complexity index is 1300. The summed E-state index contributed by atoms with van der Waals surface area (Å²) in [4.78, 5) is 60.0. The molecular weight excluding hydrogens is 580 g/mol. The highest BCUT2D eigenvalue weighted by Gasteiger charge is 2.50. The number of Topliss-reactive ketones (excluding diaryl/α,β-unsaturated/α-hetero) is 1. The van der Waals surface area contributed by atoms with Gasteiger partial charge in [-0.05, 0) is 49.3 Å². The summed E-state index contributed by atoms with van der Waals surface area (Å²) in [6.07, 6.45) is 4.12. The van der Waals surface area contributed by atoms with Crippen LogP contribution in [0, 0.1) is 11.8 Å². The Kier molecular flexibility index (Phi) is 11.8. The number of aromatic nitrogens is 2. The zero-order valence-electron chi connectivity index (χ0n) is 26.8. The molecule has 2 aliphatic heterocycles. The molecule has 3 amide bonds. The van der Waals surface area contributed by atoms with Crippen LogP contribution in [0.4, 0.5) is 0 Å². The van der Waals surface area contributed by atoms with Crippen molar-refractivity contribution < 1.29 is 33.2 Å². The van der Waals surface area contributed by atoms with Crippen molar-refractivity contribution in [2.45, 2.75) is 84.2 Å². The first kappa shape index (κ1) is 34.2. The Balaban J connectivity index is 1.47. The second-order valence-electron chi connectivity index (χ2n) is 12.9. The van der Waals surface area contributed by atoms with Crippen LogP contribution in [-0.2, 0) is 36.8 Å². The fraction of sp³-hybridized carbons (Fsp3) is 0.625. The van der Waals surface area contributed by atoms with Gasteiger partial charge in [-0.1, -0.05) is 32.9 Å². The minimum Gasteiger partial charge on any atom is -0.379 e. The number of ether oxygens (including phenoxy) is 2. The van der Waals surface area contributed by atoms with E-state index in [1.54, 1.807) is 37.5 Å². The molecule has 4 rings (SSSR count). The van der Waals surface area contributed by atoms with Gasteiger partial charge in [0.25, 0.3) is 5.91 Å². The van der Waals surface area contributed by atoms with E-state index in [1.165, 1.54) is 0 Å². The monoisotopic (exact) mass is 626 g/mol. The van der Waals surface area contributed by atoms with E-state index in [-0.39, 0.29) is 29.7 Å². The summed E-state index contributed by atoms with van der Waals surface area (Å²) in [5.41, 5.74) is -0.0711. The van der Waals surface area contributed by atoms with E-state index in [9.17, 15) is 19.2 Å². The van der Waals surface area contributed by atoms with Crippen LogP contribution >= 0.6 is 0 Å². The largest absolute Gasteiger partial charge is 0.379 e. The number of rotatable bonds is 16. The maximum atomic E-state index is 13.7. The minimum absolute atomic E-state index is 0.0510. The molecule has 2 aliphatic rings. The minimum atomic E-state index is -1.02. The Hall–Kier alpha value is -3.68. The van der Waals surface area contributed by atoms with E-state index in [2.05, 4.69) is 31.0 Å². The number of nitrogens with one attached hydrogen (secondary N) is 3. The van der Waals surface area contributed by atoms with Gasteiger partial charge < -0.3 is 29.9 Å². The third-order valence-corrected chi connectivity index (χ3v) is 7.86. The number of nitrogens with zero attached hydrogens (tertiary/aromatic N) is 3. The lowest BCUT2D eigenvalue weighted by Crippen LogP contribution is -2.57. The van der Waals surface area contributed by atoms with Crippen molar-refractivity contribution >= 4 is 23.5 Å². The van der Waals surface area contributed by atoms with E-state index >= 15 is 0 Å². The molecular formula is C32H46N6O7.